The molecule has 0 N–H and O–H groups in total. The third kappa shape index (κ3) is 12.3. The molecule has 0 aliphatic rings. The van der Waals surface area contributed by atoms with E-state index >= 15 is 0 Å². The van der Waals surface area contributed by atoms with Crippen LogP contribution in [0.1, 0.15) is 83.3 Å². The van der Waals surface area contributed by atoms with E-state index in [1.54, 1.807) is 0 Å². The minimum atomic E-state index is 0.217. The van der Waals surface area contributed by atoms with Crippen LogP contribution in [-0.2, 0) is 8.48 Å². The monoisotopic (exact) mass is 486 g/mol. The van der Waals surface area contributed by atoms with Crippen LogP contribution in [-0.4, -0.2) is 18.1 Å². The van der Waals surface area contributed by atoms with Crippen LogP contribution in [0.5, 0.6) is 0 Å². The molecule has 0 saturated heterocycles. The van der Waals surface area contributed by atoms with Gasteiger partial charge in [-0.1, -0.05) is 70.4 Å². The highest BCUT2D eigenvalue weighted by Gasteiger charge is 2.12. The SMILES string of the molecule is CC(C)(C)c1ccc(C#CCCCCCCCCSCCCOI)cc1. The van der Waals surface area contributed by atoms with Gasteiger partial charge in [-0.25, -0.2) is 0 Å². The van der Waals surface area contributed by atoms with Gasteiger partial charge < -0.3 is 3.07 Å². The fraction of sp³-hybridized carbons (Fsp3) is 0.652. The second kappa shape index (κ2) is 14.8. The molecule has 26 heavy (non-hydrogen) atoms. The van der Waals surface area contributed by atoms with E-state index < -0.39 is 0 Å². The first-order valence-corrected chi connectivity index (χ1v) is 12.0. The van der Waals surface area contributed by atoms with Crippen molar-refractivity contribution < 1.29 is 3.07 Å². The second-order valence-electron chi connectivity index (χ2n) is 7.78. The lowest BCUT2D eigenvalue weighted by molar-refractivity contribution is 0.427. The van der Waals surface area contributed by atoms with Gasteiger partial charge in [-0.05, 0) is 53.9 Å². The Kier molecular flexibility index (Phi) is 13.6. The second-order valence-corrected chi connectivity index (χ2v) is 9.63. The Morgan fingerprint density at radius 3 is 2.15 bits per heavy atom. The Morgan fingerprint density at radius 1 is 0.885 bits per heavy atom. The van der Waals surface area contributed by atoms with Gasteiger partial charge in [-0.2, -0.15) is 11.8 Å². The highest BCUT2D eigenvalue weighted by Crippen LogP contribution is 2.21. The van der Waals surface area contributed by atoms with Crippen LogP contribution in [0.3, 0.4) is 0 Å². The first-order chi connectivity index (χ1) is 12.5. The van der Waals surface area contributed by atoms with Gasteiger partial charge in [0.25, 0.3) is 0 Å². The van der Waals surface area contributed by atoms with Crippen molar-refractivity contribution in [2.45, 2.75) is 77.6 Å². The molecule has 0 aromatic heterocycles. The molecule has 1 aromatic rings. The van der Waals surface area contributed by atoms with Crippen molar-refractivity contribution in [1.82, 2.24) is 0 Å². The van der Waals surface area contributed by atoms with Crippen molar-refractivity contribution in [2.24, 2.45) is 0 Å². The standard InChI is InChI=1S/C23H35IOS/c1-23(2,3)22-16-14-21(15-17-22)13-10-8-6-4-5-7-9-11-19-26-20-12-18-25-24/h14-17H,4-9,11-12,18-20H2,1-3H3. The summed E-state index contributed by atoms with van der Waals surface area (Å²) in [5.41, 5.74) is 2.73. The van der Waals surface area contributed by atoms with Crippen molar-refractivity contribution in [3.63, 3.8) is 0 Å². The lowest BCUT2D eigenvalue weighted by atomic mass is 9.87. The molecule has 0 atom stereocenters. The smallest absolute Gasteiger partial charge is 0.109 e. The highest BCUT2D eigenvalue weighted by atomic mass is 127. The molecule has 0 saturated carbocycles. The molecule has 0 heterocycles. The Morgan fingerprint density at radius 2 is 1.50 bits per heavy atom. The summed E-state index contributed by atoms with van der Waals surface area (Å²) >= 11 is 4.04. The fourth-order valence-electron chi connectivity index (χ4n) is 2.66. The molecule has 0 bridgehead atoms. The molecule has 3 heteroatoms. The molecule has 1 nitrogen and oxygen atoms in total. The van der Waals surface area contributed by atoms with Crippen LogP contribution in [0.25, 0.3) is 0 Å². The zero-order valence-corrected chi connectivity index (χ0v) is 19.8. The summed E-state index contributed by atoms with van der Waals surface area (Å²) in [7, 11) is 0. The lowest BCUT2D eigenvalue weighted by Gasteiger charge is -2.18. The summed E-state index contributed by atoms with van der Waals surface area (Å²) in [5.74, 6) is 9.18. The van der Waals surface area contributed by atoms with E-state index in [0.29, 0.717) is 0 Å². The molecule has 0 amide bonds. The average Bonchev–Trinajstić information content (AvgIpc) is 2.61. The molecule has 0 aliphatic carbocycles. The van der Waals surface area contributed by atoms with Crippen LogP contribution >= 0.6 is 34.8 Å². The Balaban J connectivity index is 1.99. The Hall–Kier alpha value is -0.180. The largest absolute Gasteiger partial charge is 0.316 e. The van der Waals surface area contributed by atoms with E-state index in [0.717, 1.165) is 18.6 Å². The van der Waals surface area contributed by atoms with Gasteiger partial charge in [0.1, 0.15) is 23.0 Å². The van der Waals surface area contributed by atoms with Crippen LogP contribution in [0.4, 0.5) is 0 Å². The van der Waals surface area contributed by atoms with Gasteiger partial charge in [0.15, 0.2) is 0 Å². The zero-order valence-electron chi connectivity index (χ0n) is 16.8. The minimum Gasteiger partial charge on any atom is -0.316 e. The topological polar surface area (TPSA) is 9.23 Å². The maximum Gasteiger partial charge on any atom is 0.109 e. The van der Waals surface area contributed by atoms with Crippen molar-refractivity contribution >= 4 is 34.8 Å². The molecule has 0 fully saturated rings. The van der Waals surface area contributed by atoms with Crippen LogP contribution in [0, 0.1) is 11.8 Å². The summed E-state index contributed by atoms with van der Waals surface area (Å²) in [6, 6.07) is 8.72. The van der Waals surface area contributed by atoms with Gasteiger partial charge in [-0.3, -0.25) is 0 Å². The summed E-state index contributed by atoms with van der Waals surface area (Å²) in [4.78, 5) is 0. The predicted octanol–water partition coefficient (Wildman–Crippen LogP) is 7.56. The molecule has 1 aromatic carbocycles. The summed E-state index contributed by atoms with van der Waals surface area (Å²) in [6.07, 6.45) is 10.2. The van der Waals surface area contributed by atoms with E-state index in [1.807, 2.05) is 23.0 Å². The predicted molar refractivity (Wildman–Crippen MR) is 126 cm³/mol. The Labute approximate surface area is 180 Å². The average molecular weight is 487 g/mol. The minimum absolute atomic E-state index is 0.217. The van der Waals surface area contributed by atoms with Crippen LogP contribution in [0.15, 0.2) is 24.3 Å². The van der Waals surface area contributed by atoms with Crippen molar-refractivity contribution in [1.29, 1.82) is 0 Å². The van der Waals surface area contributed by atoms with Gasteiger partial charge in [0, 0.05) is 12.0 Å². The highest BCUT2D eigenvalue weighted by molar-refractivity contribution is 14.1. The normalized spacial score (nSPS) is 11.2. The van der Waals surface area contributed by atoms with E-state index in [9.17, 15) is 0 Å². The number of unbranched alkanes of at least 4 members (excludes halogenated alkanes) is 6. The molecule has 0 spiro atoms. The molecule has 1 rings (SSSR count). The van der Waals surface area contributed by atoms with Crippen molar-refractivity contribution in [2.75, 3.05) is 18.1 Å². The molecule has 0 aliphatic heterocycles. The van der Waals surface area contributed by atoms with Crippen molar-refractivity contribution in [3.05, 3.63) is 35.4 Å². The number of hydrogen-bond donors (Lipinski definition) is 0. The van der Waals surface area contributed by atoms with E-state index in [-0.39, 0.29) is 5.41 Å². The van der Waals surface area contributed by atoms with Crippen LogP contribution < -0.4 is 0 Å². The summed E-state index contributed by atoms with van der Waals surface area (Å²) in [5, 5.41) is 0. The van der Waals surface area contributed by atoms with Crippen molar-refractivity contribution in [3.8, 4) is 11.8 Å². The first-order valence-electron chi connectivity index (χ1n) is 9.95. The molecule has 0 radical (unpaired) electrons. The number of halogens is 1. The summed E-state index contributed by atoms with van der Waals surface area (Å²) in [6.45, 7) is 7.62. The van der Waals surface area contributed by atoms with Gasteiger partial charge in [0.05, 0.1) is 6.61 Å². The molecule has 146 valence electrons. The fourth-order valence-corrected chi connectivity index (χ4v) is 3.91. The number of rotatable bonds is 12. The van der Waals surface area contributed by atoms with Gasteiger partial charge in [0.2, 0.25) is 0 Å². The number of hydrogen-bond acceptors (Lipinski definition) is 2. The van der Waals surface area contributed by atoms with E-state index in [4.69, 9.17) is 3.07 Å². The summed E-state index contributed by atoms with van der Waals surface area (Å²) < 4.78 is 5.03. The third-order valence-corrected chi connectivity index (χ3v) is 5.93. The molecular weight excluding hydrogens is 451 g/mol. The Bertz CT molecular complexity index is 522. The quantitative estimate of drug-likeness (QED) is 0.171. The van der Waals surface area contributed by atoms with Gasteiger partial charge in [-0.15, -0.1) is 0 Å². The molecule has 0 unspecified atom stereocenters. The first kappa shape index (κ1) is 23.9. The maximum atomic E-state index is 5.03. The van der Waals surface area contributed by atoms with Gasteiger partial charge >= 0.3 is 0 Å². The van der Waals surface area contributed by atoms with E-state index in [2.05, 4.69) is 68.6 Å². The van der Waals surface area contributed by atoms with E-state index in [1.165, 1.54) is 62.0 Å². The zero-order chi connectivity index (χ0) is 19.1. The number of benzene rings is 1. The number of thioether (sulfide) groups is 1. The molecular formula is C23H35IOS. The third-order valence-electron chi connectivity index (χ3n) is 4.33. The maximum absolute atomic E-state index is 5.03. The lowest BCUT2D eigenvalue weighted by Crippen LogP contribution is -2.10. The van der Waals surface area contributed by atoms with Crippen LogP contribution in [0.2, 0.25) is 0 Å².